The molecule has 2 heterocycles. The molecule has 1 aliphatic heterocycles. The van der Waals surface area contributed by atoms with Crippen molar-refractivity contribution in [2.75, 3.05) is 38.1 Å². The molecule has 1 aromatic heterocycles. The van der Waals surface area contributed by atoms with Crippen molar-refractivity contribution in [3.05, 3.63) is 22.8 Å². The number of pyridine rings is 1. The van der Waals surface area contributed by atoms with Gasteiger partial charge in [0.15, 0.2) is 5.96 Å². The van der Waals surface area contributed by atoms with Crippen LogP contribution in [0.2, 0.25) is 5.02 Å². The second kappa shape index (κ2) is 10.9. The van der Waals surface area contributed by atoms with E-state index in [0.29, 0.717) is 24.9 Å². The lowest BCUT2D eigenvalue weighted by Gasteiger charge is -2.22. The smallest absolute Gasteiger partial charge is 0.355 e. The summed E-state index contributed by atoms with van der Waals surface area (Å²) in [6.07, 6.45) is -2.82. The van der Waals surface area contributed by atoms with Crippen molar-refractivity contribution in [2.24, 2.45) is 4.99 Å². The van der Waals surface area contributed by atoms with E-state index < -0.39 is 11.7 Å². The van der Waals surface area contributed by atoms with Gasteiger partial charge in [0.2, 0.25) is 0 Å². The standard InChI is InChI=1S/C18H28ClF3N6.HI/c1-17(2,3)26-7-6-24-16(23-4)27-13-5-8-28(11-13)15-14(19)9-12(10-25-15)18(20,21)22;/h9-10,13,26H,5-8,11H2,1-4H3,(H2,23,24,27);1H. The average Bonchev–Trinajstić information content (AvgIpc) is 3.04. The molecule has 166 valence electrons. The average molecular weight is 549 g/mol. The summed E-state index contributed by atoms with van der Waals surface area (Å²) >= 11 is 6.05. The topological polar surface area (TPSA) is 64.6 Å². The van der Waals surface area contributed by atoms with Gasteiger partial charge < -0.3 is 20.9 Å². The molecule has 1 aromatic rings. The van der Waals surface area contributed by atoms with Gasteiger partial charge in [0.25, 0.3) is 0 Å². The first kappa shape index (κ1) is 26.0. The predicted octanol–water partition coefficient (Wildman–Crippen LogP) is 3.50. The summed E-state index contributed by atoms with van der Waals surface area (Å²) in [5, 5.41) is 9.98. The number of nitrogens with one attached hydrogen (secondary N) is 3. The molecule has 1 atom stereocenters. The van der Waals surface area contributed by atoms with Crippen LogP contribution in [0.3, 0.4) is 0 Å². The van der Waals surface area contributed by atoms with Crippen molar-refractivity contribution >= 4 is 47.4 Å². The molecule has 6 nitrogen and oxygen atoms in total. The van der Waals surface area contributed by atoms with Crippen LogP contribution in [-0.4, -0.2) is 55.8 Å². The summed E-state index contributed by atoms with van der Waals surface area (Å²) in [6.45, 7) is 9.07. The molecule has 1 saturated heterocycles. The van der Waals surface area contributed by atoms with Crippen LogP contribution in [0.1, 0.15) is 32.8 Å². The Morgan fingerprint density at radius 3 is 2.55 bits per heavy atom. The van der Waals surface area contributed by atoms with Crippen LogP contribution in [-0.2, 0) is 6.18 Å². The minimum absolute atomic E-state index is 0. The zero-order valence-electron chi connectivity index (χ0n) is 17.0. The molecule has 0 amide bonds. The van der Waals surface area contributed by atoms with Crippen molar-refractivity contribution in [2.45, 2.75) is 44.9 Å². The zero-order chi connectivity index (χ0) is 20.9. The molecule has 0 saturated carbocycles. The number of halogens is 5. The van der Waals surface area contributed by atoms with Crippen molar-refractivity contribution < 1.29 is 13.2 Å². The first-order valence-corrected chi connectivity index (χ1v) is 9.57. The van der Waals surface area contributed by atoms with Gasteiger partial charge in [0.05, 0.1) is 10.6 Å². The normalized spacial score (nSPS) is 17.9. The number of rotatable bonds is 5. The van der Waals surface area contributed by atoms with Gasteiger partial charge in [-0.3, -0.25) is 4.99 Å². The summed E-state index contributed by atoms with van der Waals surface area (Å²) in [4.78, 5) is 10.0. The lowest BCUT2D eigenvalue weighted by Crippen LogP contribution is -2.47. The van der Waals surface area contributed by atoms with E-state index in [9.17, 15) is 13.2 Å². The van der Waals surface area contributed by atoms with Gasteiger partial charge >= 0.3 is 6.18 Å². The number of aliphatic imine (C=N–C) groups is 1. The second-order valence-corrected chi connectivity index (χ2v) is 8.19. The molecule has 0 aliphatic carbocycles. The fraction of sp³-hybridized carbons (Fsp3) is 0.667. The van der Waals surface area contributed by atoms with E-state index in [1.165, 1.54) is 0 Å². The predicted molar refractivity (Wildman–Crippen MR) is 123 cm³/mol. The second-order valence-electron chi connectivity index (χ2n) is 7.78. The number of nitrogens with zero attached hydrogens (tertiary/aromatic N) is 3. The van der Waals surface area contributed by atoms with Gasteiger partial charge in [-0.25, -0.2) is 4.98 Å². The van der Waals surface area contributed by atoms with E-state index in [2.05, 4.69) is 46.7 Å². The Kier molecular flexibility index (Phi) is 9.74. The van der Waals surface area contributed by atoms with Crippen molar-refractivity contribution in [3.63, 3.8) is 0 Å². The zero-order valence-corrected chi connectivity index (χ0v) is 20.1. The van der Waals surface area contributed by atoms with Crippen molar-refractivity contribution in [1.29, 1.82) is 0 Å². The fourth-order valence-electron chi connectivity index (χ4n) is 2.90. The molecule has 1 unspecified atom stereocenters. The SMILES string of the molecule is CN=C(NCCNC(C)(C)C)NC1CCN(c2ncc(C(F)(F)F)cc2Cl)C1.I. The Labute approximate surface area is 192 Å². The lowest BCUT2D eigenvalue weighted by molar-refractivity contribution is -0.137. The van der Waals surface area contributed by atoms with Gasteiger partial charge in [-0.1, -0.05) is 11.6 Å². The molecule has 29 heavy (non-hydrogen) atoms. The Bertz CT molecular complexity index is 693. The van der Waals surface area contributed by atoms with E-state index >= 15 is 0 Å². The minimum atomic E-state index is -4.45. The molecular formula is C18H29ClF3IN6. The molecule has 11 heteroatoms. The molecule has 1 aliphatic rings. The van der Waals surface area contributed by atoms with Crippen LogP contribution in [0.25, 0.3) is 0 Å². The highest BCUT2D eigenvalue weighted by molar-refractivity contribution is 14.0. The largest absolute Gasteiger partial charge is 0.417 e. The van der Waals surface area contributed by atoms with E-state index in [4.69, 9.17) is 11.6 Å². The van der Waals surface area contributed by atoms with Crippen LogP contribution < -0.4 is 20.9 Å². The Balaban J connectivity index is 0.00000420. The number of aromatic nitrogens is 1. The maximum Gasteiger partial charge on any atom is 0.417 e. The van der Waals surface area contributed by atoms with E-state index in [1.807, 2.05) is 4.90 Å². The summed E-state index contributed by atoms with van der Waals surface area (Å²) in [5.41, 5.74) is -0.790. The third-order valence-electron chi connectivity index (χ3n) is 4.27. The van der Waals surface area contributed by atoms with Gasteiger partial charge in [0.1, 0.15) is 5.82 Å². The van der Waals surface area contributed by atoms with Crippen LogP contribution in [0.15, 0.2) is 17.3 Å². The molecule has 1 fully saturated rings. The first-order valence-electron chi connectivity index (χ1n) is 9.19. The number of alkyl halides is 3. The van der Waals surface area contributed by atoms with Gasteiger partial charge in [-0.2, -0.15) is 13.2 Å². The Morgan fingerprint density at radius 1 is 1.31 bits per heavy atom. The highest BCUT2D eigenvalue weighted by atomic mass is 127. The Hall–Kier alpha value is -1.01. The number of hydrogen-bond acceptors (Lipinski definition) is 4. The molecule has 3 N–H and O–H groups in total. The van der Waals surface area contributed by atoms with Crippen LogP contribution >= 0.6 is 35.6 Å². The number of anilines is 1. The number of hydrogen-bond donors (Lipinski definition) is 3. The monoisotopic (exact) mass is 548 g/mol. The highest BCUT2D eigenvalue weighted by Gasteiger charge is 2.33. The molecule has 2 rings (SSSR count). The van der Waals surface area contributed by atoms with E-state index in [0.717, 1.165) is 31.8 Å². The third kappa shape index (κ3) is 8.33. The maximum absolute atomic E-state index is 12.8. The molecule has 0 aromatic carbocycles. The summed E-state index contributed by atoms with van der Waals surface area (Å²) < 4.78 is 38.3. The minimum Gasteiger partial charge on any atom is -0.355 e. The number of guanidine groups is 1. The van der Waals surface area contributed by atoms with Crippen LogP contribution in [0.4, 0.5) is 19.0 Å². The van der Waals surface area contributed by atoms with E-state index in [-0.39, 0.29) is 40.6 Å². The van der Waals surface area contributed by atoms with Crippen LogP contribution in [0, 0.1) is 0 Å². The molecular weight excluding hydrogens is 520 g/mol. The molecule has 0 radical (unpaired) electrons. The van der Waals surface area contributed by atoms with Crippen molar-refractivity contribution in [1.82, 2.24) is 20.9 Å². The fourth-order valence-corrected chi connectivity index (χ4v) is 3.18. The van der Waals surface area contributed by atoms with E-state index in [1.54, 1.807) is 7.05 Å². The quantitative estimate of drug-likeness (QED) is 0.228. The third-order valence-corrected chi connectivity index (χ3v) is 4.55. The highest BCUT2D eigenvalue weighted by Crippen LogP contribution is 2.34. The van der Waals surface area contributed by atoms with Gasteiger partial charge in [-0.15, -0.1) is 24.0 Å². The summed E-state index contributed by atoms with van der Waals surface area (Å²) in [5.74, 6) is 1.06. The molecule has 0 bridgehead atoms. The maximum atomic E-state index is 12.8. The van der Waals surface area contributed by atoms with Gasteiger partial charge in [-0.05, 0) is 33.3 Å². The summed E-state index contributed by atoms with van der Waals surface area (Å²) in [6, 6.07) is 1.02. The van der Waals surface area contributed by atoms with Crippen LogP contribution in [0.5, 0.6) is 0 Å². The van der Waals surface area contributed by atoms with Crippen molar-refractivity contribution in [3.8, 4) is 0 Å². The lowest BCUT2D eigenvalue weighted by atomic mass is 10.1. The molecule has 0 spiro atoms. The first-order chi connectivity index (χ1) is 13.0. The van der Waals surface area contributed by atoms with Gasteiger partial charge in [0, 0.05) is 51.0 Å². The Morgan fingerprint density at radius 2 is 2.00 bits per heavy atom. The summed E-state index contributed by atoms with van der Waals surface area (Å²) in [7, 11) is 1.70.